The molecule has 0 bridgehead atoms. The molecule has 2 saturated heterocycles. The van der Waals surface area contributed by atoms with Crippen molar-refractivity contribution in [2.24, 2.45) is 5.41 Å². The first-order valence-electron chi connectivity index (χ1n) is 16.4. The third-order valence-corrected chi connectivity index (χ3v) is 10.5. The molecule has 3 aliphatic heterocycles. The summed E-state index contributed by atoms with van der Waals surface area (Å²) in [6.07, 6.45) is 4.26. The molecule has 7 rings (SSSR count). The van der Waals surface area contributed by atoms with Gasteiger partial charge in [0.05, 0.1) is 36.4 Å². The highest BCUT2D eigenvalue weighted by molar-refractivity contribution is 6.36. The van der Waals surface area contributed by atoms with Crippen LogP contribution < -0.4 is 14.5 Å². The molecule has 0 amide bonds. The summed E-state index contributed by atoms with van der Waals surface area (Å²) in [5.74, 6) is -0.0146. The fraction of sp³-hybridized carbons (Fsp3) is 0.514. The molecule has 4 aliphatic rings. The van der Waals surface area contributed by atoms with Crippen molar-refractivity contribution in [3.05, 3.63) is 65.1 Å². The minimum atomic E-state index is -1.44. The van der Waals surface area contributed by atoms with Crippen LogP contribution in [0.4, 0.5) is 15.9 Å². The van der Waals surface area contributed by atoms with Crippen LogP contribution in [0.1, 0.15) is 43.4 Å². The van der Waals surface area contributed by atoms with Crippen LogP contribution in [-0.2, 0) is 13.0 Å². The standard InChI is InChI=1S/C35H41ClFN7O2/c1-24(37)33(45)44-19-18-43(20-26(44)10-14-38)32-27-11-17-42(30-9-5-7-25-6-4-8-28(36)31(25)30)21-29(27)39-34(40-32)46-23-35(12-13-35)22-41-15-2-3-16-41/h4-9,26,33,45H,1-3,10-13,15-23H2/t26-,33?/m0/s1. The highest BCUT2D eigenvalue weighted by atomic mass is 35.5. The van der Waals surface area contributed by atoms with Gasteiger partial charge in [-0.1, -0.05) is 42.4 Å². The summed E-state index contributed by atoms with van der Waals surface area (Å²) in [4.78, 5) is 18.7. The van der Waals surface area contributed by atoms with E-state index >= 15 is 0 Å². The molecule has 1 unspecified atom stereocenters. The Balaban J connectivity index is 1.20. The zero-order valence-electron chi connectivity index (χ0n) is 26.2. The van der Waals surface area contributed by atoms with Crippen LogP contribution in [0.2, 0.25) is 5.02 Å². The molecule has 46 heavy (non-hydrogen) atoms. The second-order valence-corrected chi connectivity index (χ2v) is 13.7. The Bertz CT molecular complexity index is 1650. The lowest BCUT2D eigenvalue weighted by Crippen LogP contribution is -2.57. The number of piperazine rings is 1. The fourth-order valence-corrected chi connectivity index (χ4v) is 7.75. The molecule has 1 N–H and O–H groups in total. The number of fused-ring (bicyclic) bond motifs is 2. The van der Waals surface area contributed by atoms with Gasteiger partial charge in [0.1, 0.15) is 11.6 Å². The summed E-state index contributed by atoms with van der Waals surface area (Å²) in [5.41, 5.74) is 3.20. The van der Waals surface area contributed by atoms with E-state index in [1.165, 1.54) is 12.8 Å². The summed E-state index contributed by atoms with van der Waals surface area (Å²) in [6, 6.07) is 14.4. The average Bonchev–Trinajstić information content (AvgIpc) is 3.64. The molecule has 4 heterocycles. The number of hydrogen-bond donors (Lipinski definition) is 1. The Morgan fingerprint density at radius 2 is 1.89 bits per heavy atom. The van der Waals surface area contributed by atoms with Crippen molar-refractivity contribution in [1.29, 1.82) is 5.26 Å². The van der Waals surface area contributed by atoms with Crippen LogP contribution in [-0.4, -0.2) is 89.6 Å². The maximum atomic E-state index is 14.0. The van der Waals surface area contributed by atoms with Crippen molar-refractivity contribution in [2.75, 3.05) is 62.2 Å². The third kappa shape index (κ3) is 6.26. The number of halogens is 2. The number of benzene rings is 2. The van der Waals surface area contributed by atoms with E-state index in [-0.39, 0.29) is 17.9 Å². The van der Waals surface area contributed by atoms with Crippen LogP contribution in [0, 0.1) is 16.7 Å². The molecule has 1 aromatic heterocycles. The molecular weight excluding hydrogens is 605 g/mol. The predicted molar refractivity (Wildman–Crippen MR) is 178 cm³/mol. The maximum Gasteiger partial charge on any atom is 0.318 e. The van der Waals surface area contributed by atoms with Gasteiger partial charge in [-0.25, -0.2) is 4.39 Å². The molecule has 0 radical (unpaired) electrons. The second kappa shape index (κ2) is 13.0. The first kappa shape index (κ1) is 31.1. The van der Waals surface area contributed by atoms with Crippen LogP contribution in [0.3, 0.4) is 0 Å². The molecule has 2 atom stereocenters. The van der Waals surface area contributed by atoms with E-state index in [1.807, 2.05) is 12.1 Å². The van der Waals surface area contributed by atoms with Crippen molar-refractivity contribution >= 4 is 33.9 Å². The number of ether oxygens (including phenoxy) is 1. The Morgan fingerprint density at radius 3 is 2.63 bits per heavy atom. The molecule has 3 aromatic rings. The molecule has 2 aromatic carbocycles. The van der Waals surface area contributed by atoms with Crippen molar-refractivity contribution in [3.8, 4) is 12.1 Å². The highest BCUT2D eigenvalue weighted by Crippen LogP contribution is 2.47. The first-order valence-corrected chi connectivity index (χ1v) is 16.8. The van der Waals surface area contributed by atoms with E-state index in [1.54, 1.807) is 4.90 Å². The normalized spacial score (nSPS) is 22.0. The van der Waals surface area contributed by atoms with Gasteiger partial charge in [0.2, 0.25) is 0 Å². The van der Waals surface area contributed by atoms with Crippen molar-refractivity contribution in [3.63, 3.8) is 0 Å². The highest BCUT2D eigenvalue weighted by Gasteiger charge is 2.45. The number of aromatic nitrogens is 2. The van der Waals surface area contributed by atoms with E-state index in [2.05, 4.69) is 51.6 Å². The first-order chi connectivity index (χ1) is 22.3. The van der Waals surface area contributed by atoms with E-state index in [0.29, 0.717) is 38.8 Å². The number of nitriles is 1. The lowest BCUT2D eigenvalue weighted by atomic mass is 10.0. The van der Waals surface area contributed by atoms with Gasteiger partial charge in [-0.2, -0.15) is 15.2 Å². The summed E-state index contributed by atoms with van der Waals surface area (Å²) in [5, 5.41) is 22.9. The van der Waals surface area contributed by atoms with Gasteiger partial charge in [-0.05, 0) is 62.7 Å². The number of likely N-dealkylation sites (tertiary alicyclic amines) is 1. The Hall–Kier alpha value is -3.49. The molecular formula is C35H41ClFN7O2. The van der Waals surface area contributed by atoms with E-state index in [9.17, 15) is 14.8 Å². The Morgan fingerprint density at radius 1 is 1.11 bits per heavy atom. The van der Waals surface area contributed by atoms with Crippen LogP contribution in [0.5, 0.6) is 6.01 Å². The number of nitrogens with zero attached hydrogens (tertiary/aromatic N) is 7. The van der Waals surface area contributed by atoms with E-state index in [4.69, 9.17) is 26.3 Å². The summed E-state index contributed by atoms with van der Waals surface area (Å²) < 4.78 is 20.4. The molecule has 1 saturated carbocycles. The molecule has 242 valence electrons. The van der Waals surface area contributed by atoms with Crippen molar-refractivity contribution in [2.45, 2.75) is 57.3 Å². The van der Waals surface area contributed by atoms with Crippen LogP contribution in [0.15, 0.2) is 48.8 Å². The third-order valence-electron chi connectivity index (χ3n) is 10.2. The fourth-order valence-electron chi connectivity index (χ4n) is 7.47. The summed E-state index contributed by atoms with van der Waals surface area (Å²) in [7, 11) is 0. The Kier molecular flexibility index (Phi) is 8.77. The number of anilines is 2. The zero-order valence-corrected chi connectivity index (χ0v) is 26.9. The monoisotopic (exact) mass is 645 g/mol. The van der Waals surface area contributed by atoms with Crippen LogP contribution >= 0.6 is 11.6 Å². The molecule has 11 heteroatoms. The largest absolute Gasteiger partial charge is 0.463 e. The number of aliphatic hydroxyl groups excluding tert-OH is 1. The van der Waals surface area contributed by atoms with Gasteiger partial charge in [0.25, 0.3) is 0 Å². The summed E-state index contributed by atoms with van der Waals surface area (Å²) >= 11 is 6.72. The minimum absolute atomic E-state index is 0.145. The zero-order chi connectivity index (χ0) is 31.8. The van der Waals surface area contributed by atoms with Gasteiger partial charge in [-0.15, -0.1) is 0 Å². The van der Waals surface area contributed by atoms with E-state index in [0.717, 1.165) is 84.0 Å². The number of rotatable bonds is 10. The molecule has 0 spiro atoms. The molecule has 9 nitrogen and oxygen atoms in total. The lowest BCUT2D eigenvalue weighted by Gasteiger charge is -2.43. The minimum Gasteiger partial charge on any atom is -0.463 e. The second-order valence-electron chi connectivity index (χ2n) is 13.3. The van der Waals surface area contributed by atoms with Crippen molar-refractivity contribution in [1.82, 2.24) is 19.8 Å². The van der Waals surface area contributed by atoms with Crippen LogP contribution in [0.25, 0.3) is 10.8 Å². The maximum absolute atomic E-state index is 14.0. The number of hydrogen-bond acceptors (Lipinski definition) is 9. The SMILES string of the molecule is C=C(F)C(O)N1CCN(c2nc(OCC3(CN4CCCC4)CC3)nc3c2CCN(c2cccc4cccc(Cl)c24)C3)C[C@@H]1CC#N. The number of aliphatic hydroxyl groups is 1. The van der Waals surface area contributed by atoms with Gasteiger partial charge >= 0.3 is 6.01 Å². The lowest BCUT2D eigenvalue weighted by molar-refractivity contribution is -0.0167. The smallest absolute Gasteiger partial charge is 0.318 e. The predicted octanol–water partition coefficient (Wildman–Crippen LogP) is 5.31. The van der Waals surface area contributed by atoms with Gasteiger partial charge < -0.3 is 24.5 Å². The van der Waals surface area contributed by atoms with Gasteiger partial charge in [0, 0.05) is 60.8 Å². The van der Waals surface area contributed by atoms with Gasteiger partial charge in [0.15, 0.2) is 6.23 Å². The topological polar surface area (TPSA) is 92.0 Å². The molecule has 1 aliphatic carbocycles. The molecule has 3 fully saturated rings. The van der Waals surface area contributed by atoms with Gasteiger partial charge in [-0.3, -0.25) is 4.90 Å². The average molecular weight is 646 g/mol. The van der Waals surface area contributed by atoms with Crippen molar-refractivity contribution < 1.29 is 14.2 Å². The van der Waals surface area contributed by atoms with E-state index < -0.39 is 12.1 Å². The quantitative estimate of drug-likeness (QED) is 0.315. The Labute approximate surface area is 274 Å². The summed E-state index contributed by atoms with van der Waals surface area (Å²) in [6.45, 7) is 9.89.